The summed E-state index contributed by atoms with van der Waals surface area (Å²) in [6.07, 6.45) is 6.33. The van der Waals surface area contributed by atoms with Crippen LogP contribution in [-0.4, -0.2) is 35.2 Å². The van der Waals surface area contributed by atoms with Crippen LogP contribution in [0, 0.1) is 5.92 Å². The van der Waals surface area contributed by atoms with Crippen LogP contribution in [0.25, 0.3) is 0 Å². The second-order valence-electron chi connectivity index (χ2n) is 7.99. The zero-order valence-electron chi connectivity index (χ0n) is 15.4. The molecule has 142 valence electrons. The van der Waals surface area contributed by atoms with Crippen LogP contribution in [0.5, 0.6) is 5.75 Å². The first kappa shape index (κ1) is 17.5. The van der Waals surface area contributed by atoms with Gasteiger partial charge in [-0.3, -0.25) is 9.88 Å². The van der Waals surface area contributed by atoms with Gasteiger partial charge < -0.3 is 9.47 Å². The van der Waals surface area contributed by atoms with E-state index in [0.29, 0.717) is 5.92 Å². The third kappa shape index (κ3) is 3.24. The van der Waals surface area contributed by atoms with E-state index in [0.717, 1.165) is 74.0 Å². The molecule has 0 aliphatic carbocycles. The number of benzene rings is 1. The van der Waals surface area contributed by atoms with E-state index in [1.807, 2.05) is 30.5 Å². The lowest BCUT2D eigenvalue weighted by molar-refractivity contribution is -0.150. The SMILES string of the molecule is Clc1ccc2c(c1)[C@H]1OCCC[C@@H]1C1(CCN(Cc3ccccn3)CC1)O2. The van der Waals surface area contributed by atoms with Crippen LogP contribution < -0.4 is 4.74 Å². The molecule has 3 aliphatic rings. The van der Waals surface area contributed by atoms with Crippen molar-refractivity contribution in [3.63, 3.8) is 0 Å². The van der Waals surface area contributed by atoms with Crippen LogP contribution in [0.3, 0.4) is 0 Å². The van der Waals surface area contributed by atoms with E-state index in [2.05, 4.69) is 22.0 Å². The number of halogens is 1. The minimum absolute atomic E-state index is 0.114. The molecule has 4 heterocycles. The summed E-state index contributed by atoms with van der Waals surface area (Å²) in [5, 5.41) is 0.756. The molecule has 4 nitrogen and oxygen atoms in total. The molecule has 1 spiro atoms. The summed E-state index contributed by atoms with van der Waals surface area (Å²) in [6, 6.07) is 12.1. The zero-order chi connectivity index (χ0) is 18.3. The summed E-state index contributed by atoms with van der Waals surface area (Å²) < 4.78 is 13.0. The standard InChI is InChI=1S/C22H25ClN2O2/c23-16-6-7-20-18(14-16)21-19(5-3-13-26-21)22(27-20)8-11-25(12-9-22)15-17-4-1-2-10-24-17/h1-2,4,6-7,10,14,19,21H,3,5,8-9,11-13,15H2/t19-,21+/m0/s1. The van der Waals surface area contributed by atoms with Crippen molar-refractivity contribution in [1.82, 2.24) is 9.88 Å². The molecule has 0 saturated carbocycles. The van der Waals surface area contributed by atoms with E-state index in [9.17, 15) is 0 Å². The number of hydrogen-bond donors (Lipinski definition) is 0. The molecule has 0 radical (unpaired) electrons. The number of nitrogens with zero attached hydrogens (tertiary/aromatic N) is 2. The molecule has 0 N–H and O–H groups in total. The van der Waals surface area contributed by atoms with Gasteiger partial charge >= 0.3 is 0 Å². The fourth-order valence-corrected chi connectivity index (χ4v) is 5.22. The Morgan fingerprint density at radius 2 is 2.07 bits per heavy atom. The first-order valence-electron chi connectivity index (χ1n) is 9.96. The zero-order valence-corrected chi connectivity index (χ0v) is 16.2. The summed E-state index contributed by atoms with van der Waals surface area (Å²) in [7, 11) is 0. The summed E-state index contributed by atoms with van der Waals surface area (Å²) in [5.74, 6) is 1.37. The summed E-state index contributed by atoms with van der Waals surface area (Å²) in [5.41, 5.74) is 2.15. The molecule has 27 heavy (non-hydrogen) atoms. The highest BCUT2D eigenvalue weighted by atomic mass is 35.5. The first-order valence-corrected chi connectivity index (χ1v) is 10.3. The lowest BCUT2D eigenvalue weighted by Gasteiger charge is -2.53. The van der Waals surface area contributed by atoms with Gasteiger partial charge in [-0.2, -0.15) is 0 Å². The van der Waals surface area contributed by atoms with Gasteiger partial charge in [-0.15, -0.1) is 0 Å². The van der Waals surface area contributed by atoms with Crippen LogP contribution >= 0.6 is 11.6 Å². The Morgan fingerprint density at radius 3 is 2.89 bits per heavy atom. The first-order chi connectivity index (χ1) is 13.2. The third-order valence-corrected chi connectivity index (χ3v) is 6.64. The van der Waals surface area contributed by atoms with Crippen molar-refractivity contribution in [3.8, 4) is 5.75 Å². The molecule has 0 unspecified atom stereocenters. The maximum Gasteiger partial charge on any atom is 0.126 e. The van der Waals surface area contributed by atoms with Crippen molar-refractivity contribution in [2.45, 2.75) is 43.9 Å². The summed E-state index contributed by atoms with van der Waals surface area (Å²) in [6.45, 7) is 3.80. The van der Waals surface area contributed by atoms with Crippen LogP contribution in [0.15, 0.2) is 42.6 Å². The van der Waals surface area contributed by atoms with Crippen molar-refractivity contribution in [3.05, 3.63) is 58.9 Å². The molecule has 5 heteroatoms. The highest BCUT2D eigenvalue weighted by Gasteiger charge is 2.52. The number of hydrogen-bond acceptors (Lipinski definition) is 4. The molecular formula is C22H25ClN2O2. The Bertz CT molecular complexity index is 805. The monoisotopic (exact) mass is 384 g/mol. The Kier molecular flexibility index (Phi) is 4.58. The van der Waals surface area contributed by atoms with Gasteiger partial charge in [0, 0.05) is 61.8 Å². The summed E-state index contributed by atoms with van der Waals surface area (Å²) >= 11 is 6.26. The molecule has 1 aromatic carbocycles. The molecular weight excluding hydrogens is 360 g/mol. The lowest BCUT2D eigenvalue weighted by Crippen LogP contribution is -2.57. The van der Waals surface area contributed by atoms with Gasteiger partial charge in [-0.05, 0) is 43.2 Å². The molecule has 1 aromatic heterocycles. The molecule has 2 atom stereocenters. The van der Waals surface area contributed by atoms with Crippen molar-refractivity contribution < 1.29 is 9.47 Å². The minimum Gasteiger partial charge on any atom is -0.486 e. The average Bonchev–Trinajstić information content (AvgIpc) is 2.72. The topological polar surface area (TPSA) is 34.6 Å². The van der Waals surface area contributed by atoms with E-state index in [-0.39, 0.29) is 11.7 Å². The van der Waals surface area contributed by atoms with Crippen LogP contribution in [0.1, 0.15) is 43.0 Å². The summed E-state index contributed by atoms with van der Waals surface area (Å²) in [4.78, 5) is 6.97. The minimum atomic E-state index is -0.119. The quantitative estimate of drug-likeness (QED) is 0.756. The Hall–Kier alpha value is -1.62. The average molecular weight is 385 g/mol. The van der Waals surface area contributed by atoms with Crippen molar-refractivity contribution >= 4 is 11.6 Å². The Morgan fingerprint density at radius 1 is 1.19 bits per heavy atom. The van der Waals surface area contributed by atoms with Gasteiger partial charge in [0.25, 0.3) is 0 Å². The van der Waals surface area contributed by atoms with E-state index >= 15 is 0 Å². The lowest BCUT2D eigenvalue weighted by atomic mass is 9.70. The molecule has 5 rings (SSSR count). The predicted octanol–water partition coefficient (Wildman–Crippen LogP) is 4.63. The van der Waals surface area contributed by atoms with Crippen LogP contribution in [0.4, 0.5) is 0 Å². The Balaban J connectivity index is 1.37. The van der Waals surface area contributed by atoms with E-state index in [1.165, 1.54) is 0 Å². The van der Waals surface area contributed by atoms with E-state index in [1.54, 1.807) is 0 Å². The van der Waals surface area contributed by atoms with Crippen molar-refractivity contribution in [1.29, 1.82) is 0 Å². The number of fused-ring (bicyclic) bond motifs is 4. The number of likely N-dealkylation sites (tertiary alicyclic amines) is 1. The van der Waals surface area contributed by atoms with Gasteiger partial charge in [-0.25, -0.2) is 0 Å². The molecule has 2 fully saturated rings. The number of aromatic nitrogens is 1. The highest BCUT2D eigenvalue weighted by Crippen LogP contribution is 2.53. The number of pyridine rings is 1. The maximum atomic E-state index is 6.70. The van der Waals surface area contributed by atoms with E-state index in [4.69, 9.17) is 21.1 Å². The van der Waals surface area contributed by atoms with Gasteiger partial charge in [-0.1, -0.05) is 17.7 Å². The fraction of sp³-hybridized carbons (Fsp3) is 0.500. The number of rotatable bonds is 2. The Labute approximate surface area is 165 Å². The van der Waals surface area contributed by atoms with Gasteiger partial charge in [0.05, 0.1) is 11.8 Å². The van der Waals surface area contributed by atoms with Gasteiger partial charge in [0.1, 0.15) is 11.4 Å². The van der Waals surface area contributed by atoms with Crippen molar-refractivity contribution in [2.75, 3.05) is 19.7 Å². The normalized spacial score (nSPS) is 26.9. The maximum absolute atomic E-state index is 6.70. The number of ether oxygens (including phenoxy) is 2. The van der Waals surface area contributed by atoms with Gasteiger partial charge in [0.2, 0.25) is 0 Å². The molecule has 2 saturated heterocycles. The van der Waals surface area contributed by atoms with Crippen molar-refractivity contribution in [2.24, 2.45) is 5.92 Å². The second-order valence-corrected chi connectivity index (χ2v) is 8.42. The second kappa shape index (κ2) is 7.08. The highest BCUT2D eigenvalue weighted by molar-refractivity contribution is 6.30. The molecule has 0 amide bonds. The third-order valence-electron chi connectivity index (χ3n) is 6.40. The van der Waals surface area contributed by atoms with Crippen LogP contribution in [0.2, 0.25) is 5.02 Å². The fourth-order valence-electron chi connectivity index (χ4n) is 5.04. The number of piperidine rings is 1. The van der Waals surface area contributed by atoms with Crippen LogP contribution in [-0.2, 0) is 11.3 Å². The molecule has 0 bridgehead atoms. The van der Waals surface area contributed by atoms with Gasteiger partial charge in [0.15, 0.2) is 0 Å². The molecule has 2 aromatic rings. The molecule has 3 aliphatic heterocycles. The smallest absolute Gasteiger partial charge is 0.126 e. The predicted molar refractivity (Wildman–Crippen MR) is 105 cm³/mol. The van der Waals surface area contributed by atoms with E-state index < -0.39 is 0 Å². The largest absolute Gasteiger partial charge is 0.486 e.